The molecule has 0 heterocycles. The predicted molar refractivity (Wildman–Crippen MR) is 89.2 cm³/mol. The van der Waals surface area contributed by atoms with E-state index in [0.29, 0.717) is 4.83 Å². The van der Waals surface area contributed by atoms with E-state index in [-0.39, 0.29) is 0 Å². The summed E-state index contributed by atoms with van der Waals surface area (Å²) in [5.41, 5.74) is 2.53. The molecule has 106 valence electrons. The average Bonchev–Trinajstić information content (AvgIpc) is 2.48. The van der Waals surface area contributed by atoms with Crippen LogP contribution in [0.25, 0.3) is 0 Å². The SMILES string of the molecule is COc1ccc(CCC(Br)Cc2ccccc2Cl)cc1. The summed E-state index contributed by atoms with van der Waals surface area (Å²) in [6.45, 7) is 0. The average molecular weight is 354 g/mol. The molecular weight excluding hydrogens is 336 g/mol. The number of ether oxygens (including phenoxy) is 1. The summed E-state index contributed by atoms with van der Waals surface area (Å²) in [6.07, 6.45) is 3.08. The highest BCUT2D eigenvalue weighted by Crippen LogP contribution is 2.22. The number of benzene rings is 2. The first kappa shape index (κ1) is 15.4. The maximum Gasteiger partial charge on any atom is 0.118 e. The van der Waals surface area contributed by atoms with Crippen molar-refractivity contribution in [3.8, 4) is 5.75 Å². The van der Waals surface area contributed by atoms with Gasteiger partial charge in [0.2, 0.25) is 0 Å². The Morgan fingerprint density at radius 3 is 2.45 bits per heavy atom. The Balaban J connectivity index is 1.85. The number of rotatable bonds is 6. The number of aryl methyl sites for hydroxylation is 1. The van der Waals surface area contributed by atoms with Crippen LogP contribution < -0.4 is 4.74 Å². The van der Waals surface area contributed by atoms with Crippen molar-refractivity contribution >= 4 is 27.5 Å². The molecule has 0 fully saturated rings. The summed E-state index contributed by atoms with van der Waals surface area (Å²) < 4.78 is 5.16. The van der Waals surface area contributed by atoms with Crippen molar-refractivity contribution in [2.45, 2.75) is 24.1 Å². The lowest BCUT2D eigenvalue weighted by atomic mass is 10.0. The second-order valence-corrected chi connectivity index (χ2v) is 6.48. The van der Waals surface area contributed by atoms with Crippen molar-refractivity contribution in [2.75, 3.05) is 7.11 Å². The zero-order valence-corrected chi connectivity index (χ0v) is 13.8. The number of hydrogen-bond donors (Lipinski definition) is 0. The minimum atomic E-state index is 0.435. The Morgan fingerprint density at radius 2 is 1.80 bits per heavy atom. The summed E-state index contributed by atoms with van der Waals surface area (Å²) in [5.74, 6) is 0.903. The van der Waals surface area contributed by atoms with Gasteiger partial charge >= 0.3 is 0 Å². The zero-order chi connectivity index (χ0) is 14.4. The summed E-state index contributed by atoms with van der Waals surface area (Å²) in [7, 11) is 1.69. The lowest BCUT2D eigenvalue weighted by molar-refractivity contribution is 0.414. The smallest absolute Gasteiger partial charge is 0.118 e. The molecule has 0 radical (unpaired) electrons. The summed E-state index contributed by atoms with van der Waals surface area (Å²) >= 11 is 9.94. The standard InChI is InChI=1S/C17H18BrClO/c1-20-16-10-7-13(8-11-16)6-9-15(18)12-14-4-2-3-5-17(14)19/h2-5,7-8,10-11,15H,6,9,12H2,1H3. The van der Waals surface area contributed by atoms with Crippen molar-refractivity contribution in [1.29, 1.82) is 0 Å². The van der Waals surface area contributed by atoms with Crippen LogP contribution in [0.5, 0.6) is 5.75 Å². The van der Waals surface area contributed by atoms with E-state index in [9.17, 15) is 0 Å². The lowest BCUT2D eigenvalue weighted by Crippen LogP contribution is -2.05. The third-order valence-electron chi connectivity index (χ3n) is 3.30. The molecule has 20 heavy (non-hydrogen) atoms. The quantitative estimate of drug-likeness (QED) is 0.641. The van der Waals surface area contributed by atoms with E-state index in [1.54, 1.807) is 7.11 Å². The van der Waals surface area contributed by atoms with Gasteiger partial charge in [0.15, 0.2) is 0 Å². The first-order valence-corrected chi connectivity index (χ1v) is 7.99. The van der Waals surface area contributed by atoms with Gasteiger partial charge in [0.05, 0.1) is 7.11 Å². The Kier molecular flexibility index (Phi) is 5.93. The lowest BCUT2D eigenvalue weighted by Gasteiger charge is -2.11. The van der Waals surface area contributed by atoms with Crippen LogP contribution in [0.1, 0.15) is 17.5 Å². The van der Waals surface area contributed by atoms with E-state index < -0.39 is 0 Å². The van der Waals surface area contributed by atoms with Gasteiger partial charge < -0.3 is 4.74 Å². The van der Waals surface area contributed by atoms with Crippen LogP contribution in [0.4, 0.5) is 0 Å². The van der Waals surface area contributed by atoms with Crippen molar-refractivity contribution in [3.05, 3.63) is 64.7 Å². The molecule has 0 aromatic heterocycles. The maximum atomic E-state index is 6.18. The molecule has 0 aliphatic rings. The van der Waals surface area contributed by atoms with E-state index >= 15 is 0 Å². The monoisotopic (exact) mass is 352 g/mol. The number of halogens is 2. The number of hydrogen-bond acceptors (Lipinski definition) is 1. The molecule has 1 unspecified atom stereocenters. The van der Waals surface area contributed by atoms with Crippen LogP contribution in [-0.4, -0.2) is 11.9 Å². The van der Waals surface area contributed by atoms with E-state index in [2.05, 4.69) is 34.1 Å². The molecule has 2 aromatic rings. The van der Waals surface area contributed by atoms with E-state index in [1.807, 2.05) is 30.3 Å². The van der Waals surface area contributed by atoms with Gasteiger partial charge in [-0.1, -0.05) is 57.9 Å². The van der Waals surface area contributed by atoms with Crippen LogP contribution in [0.3, 0.4) is 0 Å². The first-order valence-electron chi connectivity index (χ1n) is 6.69. The normalized spacial score (nSPS) is 12.2. The van der Waals surface area contributed by atoms with Gasteiger partial charge in [-0.05, 0) is 48.6 Å². The molecule has 2 aromatic carbocycles. The fourth-order valence-electron chi connectivity index (χ4n) is 2.12. The molecule has 0 aliphatic carbocycles. The molecule has 3 heteroatoms. The van der Waals surface area contributed by atoms with Crippen LogP contribution in [0.15, 0.2) is 48.5 Å². The Hall–Kier alpha value is -0.990. The largest absolute Gasteiger partial charge is 0.497 e. The first-order chi connectivity index (χ1) is 9.69. The molecule has 0 bridgehead atoms. The second-order valence-electron chi connectivity index (χ2n) is 4.78. The zero-order valence-electron chi connectivity index (χ0n) is 11.5. The van der Waals surface area contributed by atoms with Crippen LogP contribution in [0.2, 0.25) is 5.02 Å². The fraction of sp³-hybridized carbons (Fsp3) is 0.294. The Morgan fingerprint density at radius 1 is 1.10 bits per heavy atom. The molecule has 0 saturated carbocycles. The third kappa shape index (κ3) is 4.53. The van der Waals surface area contributed by atoms with Crippen LogP contribution in [0, 0.1) is 0 Å². The third-order valence-corrected chi connectivity index (χ3v) is 4.45. The summed E-state index contributed by atoms with van der Waals surface area (Å²) in [5, 5.41) is 0.849. The second kappa shape index (κ2) is 7.70. The molecule has 0 amide bonds. The highest BCUT2D eigenvalue weighted by molar-refractivity contribution is 9.09. The highest BCUT2D eigenvalue weighted by Gasteiger charge is 2.08. The minimum absolute atomic E-state index is 0.435. The van der Waals surface area contributed by atoms with Gasteiger partial charge in [-0.3, -0.25) is 0 Å². The number of methoxy groups -OCH3 is 1. The molecule has 0 saturated heterocycles. The summed E-state index contributed by atoms with van der Waals surface area (Å²) in [4.78, 5) is 0.435. The molecule has 0 N–H and O–H groups in total. The van der Waals surface area contributed by atoms with Crippen molar-refractivity contribution in [3.63, 3.8) is 0 Å². The van der Waals surface area contributed by atoms with E-state index in [4.69, 9.17) is 16.3 Å². The van der Waals surface area contributed by atoms with Crippen LogP contribution >= 0.6 is 27.5 Å². The Bertz CT molecular complexity index is 539. The predicted octanol–water partition coefficient (Wildman–Crippen LogP) is 5.29. The molecule has 1 nitrogen and oxygen atoms in total. The fourth-order valence-corrected chi connectivity index (χ4v) is 2.91. The van der Waals surface area contributed by atoms with E-state index in [0.717, 1.165) is 30.0 Å². The van der Waals surface area contributed by atoms with Gasteiger partial charge in [-0.25, -0.2) is 0 Å². The molecule has 0 aliphatic heterocycles. The molecular formula is C17H18BrClO. The topological polar surface area (TPSA) is 9.23 Å². The van der Waals surface area contributed by atoms with Crippen molar-refractivity contribution < 1.29 is 4.74 Å². The van der Waals surface area contributed by atoms with Crippen molar-refractivity contribution in [1.82, 2.24) is 0 Å². The highest BCUT2D eigenvalue weighted by atomic mass is 79.9. The molecule has 0 spiro atoms. The Labute approximate surface area is 134 Å². The number of alkyl halides is 1. The van der Waals surface area contributed by atoms with Gasteiger partial charge in [0.25, 0.3) is 0 Å². The van der Waals surface area contributed by atoms with Gasteiger partial charge in [0.1, 0.15) is 5.75 Å². The van der Waals surface area contributed by atoms with Crippen LogP contribution in [-0.2, 0) is 12.8 Å². The van der Waals surface area contributed by atoms with Gasteiger partial charge in [-0.15, -0.1) is 0 Å². The van der Waals surface area contributed by atoms with Gasteiger partial charge in [0, 0.05) is 9.85 Å². The molecule has 2 rings (SSSR count). The molecule has 1 atom stereocenters. The van der Waals surface area contributed by atoms with Crippen molar-refractivity contribution in [2.24, 2.45) is 0 Å². The maximum absolute atomic E-state index is 6.18. The van der Waals surface area contributed by atoms with E-state index in [1.165, 1.54) is 11.1 Å². The summed E-state index contributed by atoms with van der Waals surface area (Å²) in [6, 6.07) is 16.3. The van der Waals surface area contributed by atoms with Gasteiger partial charge in [-0.2, -0.15) is 0 Å². The minimum Gasteiger partial charge on any atom is -0.497 e.